The molecule has 6 heteroatoms. The van der Waals surface area contributed by atoms with Crippen LogP contribution in [0.3, 0.4) is 0 Å². The van der Waals surface area contributed by atoms with E-state index in [1.807, 2.05) is 5.38 Å². The van der Waals surface area contributed by atoms with Gasteiger partial charge in [-0.25, -0.2) is 15.0 Å². The van der Waals surface area contributed by atoms with E-state index in [1.54, 1.807) is 32.3 Å². The fraction of sp³-hybridized carbons (Fsp3) is 0.333. The molecule has 0 unspecified atom stereocenters. The summed E-state index contributed by atoms with van der Waals surface area (Å²) in [5.41, 5.74) is -0.0973. The van der Waals surface area contributed by atoms with Gasteiger partial charge in [-0.1, -0.05) is 0 Å². The second-order valence-electron chi connectivity index (χ2n) is 4.23. The Morgan fingerprint density at radius 1 is 1.33 bits per heavy atom. The molecule has 2 rings (SSSR count). The summed E-state index contributed by atoms with van der Waals surface area (Å²) < 4.78 is 4.78. The Morgan fingerprint density at radius 3 is 2.61 bits per heavy atom. The molecule has 94 valence electrons. The van der Waals surface area contributed by atoms with Crippen LogP contribution >= 0.6 is 11.3 Å². The minimum atomic E-state index is -0.766. The maximum Gasteiger partial charge on any atom is 0.317 e. The molecule has 18 heavy (non-hydrogen) atoms. The van der Waals surface area contributed by atoms with Crippen molar-refractivity contribution in [1.29, 1.82) is 0 Å². The zero-order chi connectivity index (χ0) is 13.2. The van der Waals surface area contributed by atoms with Crippen LogP contribution in [-0.2, 0) is 14.9 Å². The van der Waals surface area contributed by atoms with Crippen LogP contribution in [0, 0.1) is 0 Å². The molecule has 0 saturated heterocycles. The van der Waals surface area contributed by atoms with Crippen molar-refractivity contribution in [2.45, 2.75) is 19.3 Å². The molecule has 0 aliphatic carbocycles. The largest absolute Gasteiger partial charge is 0.468 e. The number of methoxy groups -OCH3 is 1. The topological polar surface area (TPSA) is 65.0 Å². The molecule has 0 amide bonds. The van der Waals surface area contributed by atoms with Crippen LogP contribution in [0.15, 0.2) is 23.8 Å². The molecule has 2 heterocycles. The third-order valence-corrected chi connectivity index (χ3v) is 3.44. The highest BCUT2D eigenvalue weighted by Gasteiger charge is 2.33. The van der Waals surface area contributed by atoms with Gasteiger partial charge in [0.15, 0.2) is 10.8 Å². The van der Waals surface area contributed by atoms with E-state index in [0.29, 0.717) is 16.5 Å². The first-order valence-corrected chi connectivity index (χ1v) is 6.25. The Hall–Kier alpha value is -1.82. The predicted octanol–water partition coefficient (Wildman–Crippen LogP) is 2.05. The van der Waals surface area contributed by atoms with E-state index in [4.69, 9.17) is 4.74 Å². The highest BCUT2D eigenvalue weighted by molar-refractivity contribution is 7.13. The maximum atomic E-state index is 11.7. The van der Waals surface area contributed by atoms with Crippen molar-refractivity contribution < 1.29 is 9.53 Å². The Balaban J connectivity index is 2.34. The first-order chi connectivity index (χ1) is 8.55. The fourth-order valence-corrected chi connectivity index (χ4v) is 2.37. The molecule has 0 atom stereocenters. The summed E-state index contributed by atoms with van der Waals surface area (Å²) in [7, 11) is 1.37. The SMILES string of the molecule is COC(=O)C(C)(C)c1csc(-c2ncccn2)n1. The first kappa shape index (κ1) is 12.6. The van der Waals surface area contributed by atoms with Crippen LogP contribution in [0.25, 0.3) is 10.8 Å². The molecule has 0 aliphatic heterocycles. The standard InChI is InChI=1S/C12H13N3O2S/c1-12(2,11(16)17-3)8-7-18-10(15-8)9-13-5-4-6-14-9/h4-7H,1-3H3. The van der Waals surface area contributed by atoms with Gasteiger partial charge in [-0.05, 0) is 19.9 Å². The molecule has 0 spiro atoms. The fourth-order valence-electron chi connectivity index (χ4n) is 1.43. The molecule has 0 aromatic carbocycles. The maximum absolute atomic E-state index is 11.7. The van der Waals surface area contributed by atoms with Crippen molar-refractivity contribution >= 4 is 17.3 Å². The van der Waals surface area contributed by atoms with E-state index in [9.17, 15) is 4.79 Å². The van der Waals surface area contributed by atoms with E-state index in [1.165, 1.54) is 18.4 Å². The summed E-state index contributed by atoms with van der Waals surface area (Å²) in [6, 6.07) is 1.75. The van der Waals surface area contributed by atoms with Crippen LogP contribution in [0.2, 0.25) is 0 Å². The number of ether oxygens (including phenoxy) is 1. The van der Waals surface area contributed by atoms with Crippen molar-refractivity contribution in [3.63, 3.8) is 0 Å². The van der Waals surface area contributed by atoms with Gasteiger partial charge in [0.25, 0.3) is 0 Å². The van der Waals surface area contributed by atoms with Crippen LogP contribution in [0.5, 0.6) is 0 Å². The number of nitrogens with zero attached hydrogens (tertiary/aromatic N) is 3. The van der Waals surface area contributed by atoms with E-state index in [-0.39, 0.29) is 5.97 Å². The van der Waals surface area contributed by atoms with Crippen molar-refractivity contribution in [2.24, 2.45) is 0 Å². The van der Waals surface area contributed by atoms with Gasteiger partial charge in [0.2, 0.25) is 0 Å². The van der Waals surface area contributed by atoms with E-state index in [0.717, 1.165) is 0 Å². The smallest absolute Gasteiger partial charge is 0.317 e. The van der Waals surface area contributed by atoms with Gasteiger partial charge < -0.3 is 4.74 Å². The van der Waals surface area contributed by atoms with Crippen molar-refractivity contribution in [1.82, 2.24) is 15.0 Å². The van der Waals surface area contributed by atoms with Crippen LogP contribution < -0.4 is 0 Å². The van der Waals surface area contributed by atoms with Gasteiger partial charge in [0.05, 0.1) is 12.8 Å². The molecule has 2 aromatic rings. The number of hydrogen-bond acceptors (Lipinski definition) is 6. The van der Waals surface area contributed by atoms with Gasteiger partial charge in [-0.3, -0.25) is 4.79 Å². The lowest BCUT2D eigenvalue weighted by Gasteiger charge is -2.18. The number of esters is 1. The average molecular weight is 263 g/mol. The Kier molecular flexibility index (Phi) is 3.38. The van der Waals surface area contributed by atoms with Crippen molar-refractivity contribution in [3.05, 3.63) is 29.5 Å². The lowest BCUT2D eigenvalue weighted by molar-refractivity contribution is -0.146. The third kappa shape index (κ3) is 2.24. The molecule has 2 aromatic heterocycles. The quantitative estimate of drug-likeness (QED) is 0.793. The zero-order valence-corrected chi connectivity index (χ0v) is 11.2. The summed E-state index contributed by atoms with van der Waals surface area (Å²) in [5.74, 6) is 0.253. The van der Waals surface area contributed by atoms with Gasteiger partial charge >= 0.3 is 5.97 Å². The van der Waals surface area contributed by atoms with Gasteiger partial charge in [0.1, 0.15) is 5.41 Å². The molecular formula is C12H13N3O2S. The first-order valence-electron chi connectivity index (χ1n) is 5.37. The minimum Gasteiger partial charge on any atom is -0.468 e. The molecule has 5 nitrogen and oxygen atoms in total. The number of thiazole rings is 1. The zero-order valence-electron chi connectivity index (χ0n) is 10.4. The molecule has 0 saturated carbocycles. The molecule has 0 aliphatic rings. The van der Waals surface area contributed by atoms with Crippen LogP contribution in [-0.4, -0.2) is 28.0 Å². The lowest BCUT2D eigenvalue weighted by Crippen LogP contribution is -2.30. The number of hydrogen-bond donors (Lipinski definition) is 0. The second-order valence-corrected chi connectivity index (χ2v) is 5.08. The van der Waals surface area contributed by atoms with E-state index >= 15 is 0 Å². The van der Waals surface area contributed by atoms with Crippen LogP contribution in [0.1, 0.15) is 19.5 Å². The second kappa shape index (κ2) is 4.81. The van der Waals surface area contributed by atoms with Gasteiger partial charge in [0, 0.05) is 17.8 Å². The molecule has 0 fully saturated rings. The summed E-state index contributed by atoms with van der Waals surface area (Å²) >= 11 is 1.41. The highest BCUT2D eigenvalue weighted by Crippen LogP contribution is 2.29. The molecule has 0 bridgehead atoms. The van der Waals surface area contributed by atoms with Crippen molar-refractivity contribution in [2.75, 3.05) is 7.11 Å². The van der Waals surface area contributed by atoms with Gasteiger partial charge in [-0.15, -0.1) is 11.3 Å². The predicted molar refractivity (Wildman–Crippen MR) is 68.2 cm³/mol. The molecular weight excluding hydrogens is 250 g/mol. The summed E-state index contributed by atoms with van der Waals surface area (Å²) in [4.78, 5) is 24.4. The number of carbonyl (C=O) groups excluding carboxylic acids is 1. The van der Waals surface area contributed by atoms with E-state index < -0.39 is 5.41 Å². The summed E-state index contributed by atoms with van der Waals surface area (Å²) in [6.07, 6.45) is 3.32. The van der Waals surface area contributed by atoms with Gasteiger partial charge in [-0.2, -0.15) is 0 Å². The molecule has 0 N–H and O–H groups in total. The lowest BCUT2D eigenvalue weighted by atomic mass is 9.90. The summed E-state index contributed by atoms with van der Waals surface area (Å²) in [5, 5.41) is 2.53. The molecule has 0 radical (unpaired) electrons. The number of aromatic nitrogens is 3. The van der Waals surface area contributed by atoms with E-state index in [2.05, 4.69) is 15.0 Å². The van der Waals surface area contributed by atoms with Crippen LogP contribution in [0.4, 0.5) is 0 Å². The Morgan fingerprint density at radius 2 is 2.00 bits per heavy atom. The monoisotopic (exact) mass is 263 g/mol. The third-order valence-electron chi connectivity index (χ3n) is 2.60. The average Bonchev–Trinajstić information content (AvgIpc) is 2.89. The van der Waals surface area contributed by atoms with Crippen molar-refractivity contribution in [3.8, 4) is 10.8 Å². The summed E-state index contributed by atoms with van der Waals surface area (Å²) in [6.45, 7) is 3.56. The Bertz CT molecular complexity index is 551. The minimum absolute atomic E-state index is 0.312. The number of carbonyl (C=O) groups is 1. The Labute approximate surface area is 109 Å². The highest BCUT2D eigenvalue weighted by atomic mass is 32.1. The number of rotatable bonds is 3. The normalized spacial score (nSPS) is 11.3.